The fourth-order valence-electron chi connectivity index (χ4n) is 1.54. The molecule has 88 valence electrons. The van der Waals surface area contributed by atoms with Crippen LogP contribution in [0.3, 0.4) is 0 Å². The van der Waals surface area contributed by atoms with Crippen molar-refractivity contribution < 1.29 is 8.42 Å². The Balaban J connectivity index is 2.45. The molecule has 0 unspecified atom stereocenters. The first kappa shape index (κ1) is 11.8. The van der Waals surface area contributed by atoms with E-state index < -0.39 is 9.84 Å². The van der Waals surface area contributed by atoms with Crippen molar-refractivity contribution in [3.05, 3.63) is 60.2 Å². The molecule has 0 radical (unpaired) electrons. The molecule has 0 amide bonds. The van der Waals surface area contributed by atoms with Gasteiger partial charge in [-0.15, -0.1) is 0 Å². The maximum Gasteiger partial charge on any atom is 0.206 e. The molecule has 0 bridgehead atoms. The van der Waals surface area contributed by atoms with Gasteiger partial charge in [-0.1, -0.05) is 30.3 Å². The lowest BCUT2D eigenvalue weighted by Crippen LogP contribution is -2.02. The van der Waals surface area contributed by atoms with Crippen molar-refractivity contribution in [1.82, 2.24) is 0 Å². The Morgan fingerprint density at radius 2 is 1.35 bits per heavy atom. The van der Waals surface area contributed by atoms with Crippen molar-refractivity contribution in [3.8, 4) is 0 Å². The van der Waals surface area contributed by atoms with Crippen molar-refractivity contribution in [2.24, 2.45) is 5.73 Å². The summed E-state index contributed by atoms with van der Waals surface area (Å²) in [5.74, 6) is 0. The summed E-state index contributed by atoms with van der Waals surface area (Å²) >= 11 is 0. The Morgan fingerprint density at radius 1 is 0.824 bits per heavy atom. The van der Waals surface area contributed by atoms with Gasteiger partial charge in [0.25, 0.3) is 0 Å². The molecule has 0 atom stereocenters. The van der Waals surface area contributed by atoms with Crippen molar-refractivity contribution in [3.63, 3.8) is 0 Å². The predicted octanol–water partition coefficient (Wildman–Crippen LogP) is 1.98. The van der Waals surface area contributed by atoms with Crippen molar-refractivity contribution in [1.29, 1.82) is 0 Å². The van der Waals surface area contributed by atoms with Crippen LogP contribution >= 0.6 is 0 Å². The zero-order valence-electron chi connectivity index (χ0n) is 9.21. The van der Waals surface area contributed by atoms with Crippen LogP contribution in [-0.2, 0) is 16.4 Å². The van der Waals surface area contributed by atoms with E-state index in [4.69, 9.17) is 5.73 Å². The second-order valence-corrected chi connectivity index (χ2v) is 5.61. The second-order valence-electron chi connectivity index (χ2n) is 3.66. The average molecular weight is 247 g/mol. The number of benzene rings is 2. The minimum atomic E-state index is -3.40. The molecule has 2 aromatic carbocycles. The molecule has 17 heavy (non-hydrogen) atoms. The number of sulfone groups is 1. The first-order valence-corrected chi connectivity index (χ1v) is 6.72. The third-order valence-electron chi connectivity index (χ3n) is 2.52. The van der Waals surface area contributed by atoms with E-state index in [1.54, 1.807) is 54.6 Å². The van der Waals surface area contributed by atoms with Crippen LogP contribution in [0.2, 0.25) is 0 Å². The van der Waals surface area contributed by atoms with E-state index in [1.807, 2.05) is 0 Å². The van der Waals surface area contributed by atoms with Crippen LogP contribution in [0.15, 0.2) is 64.4 Å². The Labute approximate surface area is 101 Å². The molecule has 0 spiro atoms. The standard InChI is InChI=1S/C13H13NO2S/c14-10-11-6-8-13(9-7-11)17(15,16)12-4-2-1-3-5-12/h1-9H,10,14H2. The van der Waals surface area contributed by atoms with Crippen molar-refractivity contribution in [2.45, 2.75) is 16.3 Å². The summed E-state index contributed by atoms with van der Waals surface area (Å²) in [5.41, 5.74) is 6.38. The van der Waals surface area contributed by atoms with Gasteiger partial charge in [-0.3, -0.25) is 0 Å². The number of hydrogen-bond donors (Lipinski definition) is 1. The van der Waals surface area contributed by atoms with Crippen LogP contribution < -0.4 is 5.73 Å². The first-order valence-electron chi connectivity index (χ1n) is 5.24. The average Bonchev–Trinajstić information content (AvgIpc) is 2.40. The van der Waals surface area contributed by atoms with E-state index in [1.165, 1.54) is 0 Å². The van der Waals surface area contributed by atoms with E-state index in [2.05, 4.69) is 0 Å². The van der Waals surface area contributed by atoms with E-state index in [0.29, 0.717) is 16.3 Å². The Hall–Kier alpha value is -1.65. The molecule has 3 nitrogen and oxygen atoms in total. The second kappa shape index (κ2) is 4.69. The smallest absolute Gasteiger partial charge is 0.206 e. The molecular weight excluding hydrogens is 234 g/mol. The highest BCUT2D eigenvalue weighted by Gasteiger charge is 2.16. The van der Waals surface area contributed by atoms with Crippen LogP contribution in [0, 0.1) is 0 Å². The zero-order chi connectivity index (χ0) is 12.3. The van der Waals surface area contributed by atoms with E-state index >= 15 is 0 Å². The Bertz CT molecular complexity index is 589. The maximum atomic E-state index is 12.2. The number of rotatable bonds is 3. The van der Waals surface area contributed by atoms with E-state index in [9.17, 15) is 8.42 Å². The van der Waals surface area contributed by atoms with E-state index in [-0.39, 0.29) is 0 Å². The van der Waals surface area contributed by atoms with Crippen LogP contribution in [0.25, 0.3) is 0 Å². The van der Waals surface area contributed by atoms with Gasteiger partial charge < -0.3 is 5.73 Å². The van der Waals surface area contributed by atoms with Crippen LogP contribution in [0.5, 0.6) is 0 Å². The summed E-state index contributed by atoms with van der Waals surface area (Å²) in [5, 5.41) is 0. The molecule has 0 saturated heterocycles. The summed E-state index contributed by atoms with van der Waals surface area (Å²) in [6.07, 6.45) is 0. The van der Waals surface area contributed by atoms with Gasteiger partial charge in [-0.25, -0.2) is 8.42 Å². The fraction of sp³-hybridized carbons (Fsp3) is 0.0769. The highest BCUT2D eigenvalue weighted by molar-refractivity contribution is 7.91. The molecule has 0 heterocycles. The molecule has 0 aliphatic carbocycles. The third kappa shape index (κ3) is 2.38. The minimum absolute atomic E-state index is 0.293. The summed E-state index contributed by atoms with van der Waals surface area (Å²) < 4.78 is 24.4. The summed E-state index contributed by atoms with van der Waals surface area (Å²) in [4.78, 5) is 0.599. The number of nitrogens with two attached hydrogens (primary N) is 1. The summed E-state index contributed by atoms with van der Waals surface area (Å²) in [6, 6.07) is 15.0. The van der Waals surface area contributed by atoms with Gasteiger partial charge in [0.2, 0.25) is 9.84 Å². The van der Waals surface area contributed by atoms with Crippen molar-refractivity contribution in [2.75, 3.05) is 0 Å². The van der Waals surface area contributed by atoms with Gasteiger partial charge in [0.15, 0.2) is 0 Å². The lowest BCUT2D eigenvalue weighted by Gasteiger charge is -2.05. The molecule has 0 aliphatic heterocycles. The molecule has 0 saturated carbocycles. The zero-order valence-corrected chi connectivity index (χ0v) is 10.0. The predicted molar refractivity (Wildman–Crippen MR) is 66.2 cm³/mol. The molecule has 0 fully saturated rings. The SMILES string of the molecule is NCc1ccc(S(=O)(=O)c2ccccc2)cc1. The quantitative estimate of drug-likeness (QED) is 0.902. The Kier molecular flexibility index (Phi) is 3.26. The first-order chi connectivity index (χ1) is 8.14. The summed E-state index contributed by atoms with van der Waals surface area (Å²) in [6.45, 7) is 0.408. The topological polar surface area (TPSA) is 60.2 Å². The lowest BCUT2D eigenvalue weighted by molar-refractivity contribution is 0.596. The van der Waals surface area contributed by atoms with Gasteiger partial charge in [0.1, 0.15) is 0 Å². The molecule has 0 aromatic heterocycles. The van der Waals surface area contributed by atoms with Crippen molar-refractivity contribution >= 4 is 9.84 Å². The van der Waals surface area contributed by atoms with Crippen LogP contribution in [0.1, 0.15) is 5.56 Å². The normalized spacial score (nSPS) is 11.4. The molecule has 2 aromatic rings. The molecule has 0 aliphatic rings. The van der Waals surface area contributed by atoms with Crippen LogP contribution in [0.4, 0.5) is 0 Å². The van der Waals surface area contributed by atoms with Crippen LogP contribution in [-0.4, -0.2) is 8.42 Å². The maximum absolute atomic E-state index is 12.2. The molecule has 4 heteroatoms. The van der Waals surface area contributed by atoms with Gasteiger partial charge >= 0.3 is 0 Å². The monoisotopic (exact) mass is 247 g/mol. The largest absolute Gasteiger partial charge is 0.326 e. The third-order valence-corrected chi connectivity index (χ3v) is 4.31. The Morgan fingerprint density at radius 3 is 1.88 bits per heavy atom. The van der Waals surface area contributed by atoms with Gasteiger partial charge in [-0.2, -0.15) is 0 Å². The van der Waals surface area contributed by atoms with Gasteiger partial charge in [-0.05, 0) is 29.8 Å². The summed E-state index contributed by atoms with van der Waals surface area (Å²) in [7, 11) is -3.40. The molecule has 2 rings (SSSR count). The fourth-order valence-corrected chi connectivity index (χ4v) is 2.82. The highest BCUT2D eigenvalue weighted by atomic mass is 32.2. The molecular formula is C13H13NO2S. The van der Waals surface area contributed by atoms with E-state index in [0.717, 1.165) is 5.56 Å². The van der Waals surface area contributed by atoms with Gasteiger partial charge in [0.05, 0.1) is 9.79 Å². The minimum Gasteiger partial charge on any atom is -0.326 e. The number of hydrogen-bond acceptors (Lipinski definition) is 3. The highest BCUT2D eigenvalue weighted by Crippen LogP contribution is 2.20. The van der Waals surface area contributed by atoms with Gasteiger partial charge in [0, 0.05) is 6.54 Å². The lowest BCUT2D eigenvalue weighted by atomic mass is 10.2. The molecule has 2 N–H and O–H groups in total.